The molecule has 0 saturated carbocycles. The number of aliphatic hydroxyl groups excluding tert-OH is 3. The van der Waals surface area contributed by atoms with E-state index in [0.717, 1.165) is 74.0 Å². The van der Waals surface area contributed by atoms with Gasteiger partial charge in [-0.25, -0.2) is 14.5 Å². The predicted molar refractivity (Wildman–Crippen MR) is 332 cm³/mol. The van der Waals surface area contributed by atoms with Crippen molar-refractivity contribution in [2.24, 2.45) is 10.8 Å². The topological polar surface area (TPSA) is 164 Å². The highest BCUT2D eigenvalue weighted by Crippen LogP contribution is 2.43. The van der Waals surface area contributed by atoms with Crippen LogP contribution in [-0.4, -0.2) is 93.6 Å². The van der Waals surface area contributed by atoms with Gasteiger partial charge in [0.25, 0.3) is 0 Å². The Morgan fingerprint density at radius 2 is 0.963 bits per heavy atom. The summed E-state index contributed by atoms with van der Waals surface area (Å²) in [5.74, 6) is 1.28. The summed E-state index contributed by atoms with van der Waals surface area (Å²) >= 11 is 0. The summed E-state index contributed by atoms with van der Waals surface area (Å²) in [7, 11) is 0. The van der Waals surface area contributed by atoms with Crippen molar-refractivity contribution in [3.63, 3.8) is 0 Å². The van der Waals surface area contributed by atoms with E-state index >= 15 is 0 Å². The van der Waals surface area contributed by atoms with Gasteiger partial charge < -0.3 is 39.6 Å². The van der Waals surface area contributed by atoms with Gasteiger partial charge in [-0.2, -0.15) is 0 Å². The SMILES string of the molecule is CCC(CC)(c1ccc(CCC(O)C(C)(C)C)c(C)c1)c1ccc(OC[C@@H]2CC(=O)N2C(=O)OC(C)(C)C)c(C)c1.CCC(CC)(c1ccc(CCC(O)C(C)(C)C)c(C)c1)c1ccc(OC[C@H](CCO)NC(=O)OC(C)(C)C)c(C)c1. The van der Waals surface area contributed by atoms with Gasteiger partial charge in [-0.1, -0.05) is 130 Å². The molecule has 1 aliphatic rings. The molecule has 1 saturated heterocycles. The van der Waals surface area contributed by atoms with Crippen molar-refractivity contribution in [2.75, 3.05) is 19.8 Å². The van der Waals surface area contributed by atoms with Gasteiger partial charge in [0.15, 0.2) is 0 Å². The van der Waals surface area contributed by atoms with Crippen molar-refractivity contribution >= 4 is 18.1 Å². The molecule has 12 heteroatoms. The highest BCUT2D eigenvalue weighted by atomic mass is 16.6. The number of hydrogen-bond donors (Lipinski definition) is 4. The first-order valence-electron chi connectivity index (χ1n) is 30.3. The Kier molecular flexibility index (Phi) is 24.3. The lowest BCUT2D eigenvalue weighted by molar-refractivity contribution is -0.145. The molecule has 5 rings (SSSR count). The normalized spacial score (nSPS) is 15.4. The highest BCUT2D eigenvalue weighted by Gasteiger charge is 2.44. The third-order valence-electron chi connectivity index (χ3n) is 16.7. The molecule has 0 aromatic heterocycles. The second kappa shape index (κ2) is 28.9. The number of nitrogens with one attached hydrogen (secondary N) is 1. The molecule has 0 spiro atoms. The van der Waals surface area contributed by atoms with Crippen molar-refractivity contribution in [1.82, 2.24) is 10.2 Å². The lowest BCUT2D eigenvalue weighted by atomic mass is 9.69. The maximum atomic E-state index is 12.5. The van der Waals surface area contributed by atoms with Crippen molar-refractivity contribution in [2.45, 2.75) is 249 Å². The Bertz CT molecular complexity index is 2730. The number of hydrogen-bond acceptors (Lipinski definition) is 10. The summed E-state index contributed by atoms with van der Waals surface area (Å²) in [4.78, 5) is 38.0. The van der Waals surface area contributed by atoms with Crippen LogP contribution in [0.25, 0.3) is 0 Å². The Labute approximate surface area is 494 Å². The number of benzene rings is 4. The minimum Gasteiger partial charge on any atom is -0.491 e. The monoisotopic (exact) mass is 1130 g/mol. The van der Waals surface area contributed by atoms with Crippen molar-refractivity contribution in [1.29, 1.82) is 0 Å². The molecule has 4 atom stereocenters. The lowest BCUT2D eigenvalue weighted by Crippen LogP contribution is -2.59. The molecular formula is C70H106N2O10. The molecular weight excluding hydrogens is 1030 g/mol. The van der Waals surface area contributed by atoms with E-state index in [4.69, 9.17) is 18.9 Å². The zero-order valence-corrected chi connectivity index (χ0v) is 54.1. The molecule has 456 valence electrons. The molecule has 1 fully saturated rings. The van der Waals surface area contributed by atoms with Gasteiger partial charge in [0.1, 0.15) is 35.9 Å². The number of carbonyl (C=O) groups excluding carboxylic acids is 3. The molecule has 0 radical (unpaired) electrons. The molecule has 0 aliphatic carbocycles. The summed E-state index contributed by atoms with van der Waals surface area (Å²) < 4.78 is 23.0. The van der Waals surface area contributed by atoms with Crippen LogP contribution in [-0.2, 0) is 37.9 Å². The maximum Gasteiger partial charge on any atom is 0.417 e. The van der Waals surface area contributed by atoms with Crippen LogP contribution in [0.3, 0.4) is 0 Å². The summed E-state index contributed by atoms with van der Waals surface area (Å²) in [6, 6.07) is 25.7. The number of alkyl carbamates (subject to hydrolysis) is 1. The number of amides is 3. The van der Waals surface area contributed by atoms with E-state index in [9.17, 15) is 29.7 Å². The van der Waals surface area contributed by atoms with E-state index in [1.54, 1.807) is 20.8 Å². The standard InChI is InChI=1S/C35H51NO5.C35H55NO5/c1-11-35(12-2,26-15-13-25(23(3)19-26)14-18-30(37)33(5,6)7)27-16-17-29(24(4)20-27)40-22-28-21-31(38)36(28)32(39)41-34(8,9)10;1-11-35(12-2,27-15-13-26(24(3)21-27)14-18-31(38)33(5,6)7)28-16-17-30(25(4)22-28)40-23-29(19-20-37)36-32(39)41-34(8,9)10/h13,15-17,19-20,28,30,37H,11-12,14,18,21-22H2,1-10H3;13,15-17,21-22,29,31,37-38H,11-12,14,18-20,23H2,1-10H3,(H,36,39)/t28-,30?;29-,31?/m00/s1. The van der Waals surface area contributed by atoms with Crippen LogP contribution in [0.2, 0.25) is 0 Å². The largest absolute Gasteiger partial charge is 0.491 e. The molecule has 82 heavy (non-hydrogen) atoms. The lowest BCUT2D eigenvalue weighted by Gasteiger charge is -2.39. The zero-order chi connectivity index (χ0) is 61.8. The van der Waals surface area contributed by atoms with E-state index < -0.39 is 23.4 Å². The molecule has 0 bridgehead atoms. The number of imide groups is 1. The van der Waals surface area contributed by atoms with Gasteiger partial charge in [0.2, 0.25) is 5.91 Å². The molecule has 4 aromatic carbocycles. The van der Waals surface area contributed by atoms with E-state index in [0.29, 0.717) is 6.42 Å². The fraction of sp³-hybridized carbons (Fsp3) is 0.614. The van der Waals surface area contributed by atoms with Crippen molar-refractivity contribution in [3.05, 3.63) is 128 Å². The number of likely N-dealkylation sites (tertiary alicyclic amines) is 1. The first kappa shape index (κ1) is 69.1. The second-order valence-corrected chi connectivity index (χ2v) is 27.2. The number of carbonyl (C=O) groups is 3. The van der Waals surface area contributed by atoms with E-state index in [1.807, 2.05) is 46.8 Å². The van der Waals surface area contributed by atoms with Crippen LogP contribution in [0, 0.1) is 38.5 Å². The smallest absolute Gasteiger partial charge is 0.417 e. The third-order valence-corrected chi connectivity index (χ3v) is 16.7. The summed E-state index contributed by atoms with van der Waals surface area (Å²) in [5, 5.41) is 33.3. The fourth-order valence-electron chi connectivity index (χ4n) is 11.1. The third kappa shape index (κ3) is 18.5. The van der Waals surface area contributed by atoms with Gasteiger partial charge in [-0.15, -0.1) is 0 Å². The molecule has 3 amide bonds. The number of ether oxygens (including phenoxy) is 4. The van der Waals surface area contributed by atoms with Crippen LogP contribution in [0.1, 0.15) is 218 Å². The molecule has 12 nitrogen and oxygen atoms in total. The number of aryl methyl sites for hydroxylation is 6. The first-order valence-corrected chi connectivity index (χ1v) is 30.3. The number of rotatable bonds is 23. The van der Waals surface area contributed by atoms with Gasteiger partial charge >= 0.3 is 12.2 Å². The van der Waals surface area contributed by atoms with Crippen molar-refractivity contribution < 1.29 is 48.7 Å². The molecule has 2 unspecified atom stereocenters. The Morgan fingerprint density at radius 1 is 0.573 bits per heavy atom. The Morgan fingerprint density at radius 3 is 1.30 bits per heavy atom. The van der Waals surface area contributed by atoms with Crippen LogP contribution in [0.5, 0.6) is 11.5 Å². The second-order valence-electron chi connectivity index (χ2n) is 27.2. The fourth-order valence-corrected chi connectivity index (χ4v) is 11.1. The van der Waals surface area contributed by atoms with Gasteiger partial charge in [-0.3, -0.25) is 4.79 Å². The highest BCUT2D eigenvalue weighted by molar-refractivity contribution is 5.97. The quantitative estimate of drug-likeness (QED) is 0.0526. The molecule has 1 heterocycles. The van der Waals surface area contributed by atoms with Gasteiger partial charge in [0.05, 0.1) is 30.7 Å². The minimum atomic E-state index is -0.663. The van der Waals surface area contributed by atoms with Crippen LogP contribution in [0.4, 0.5) is 9.59 Å². The van der Waals surface area contributed by atoms with Crippen molar-refractivity contribution in [3.8, 4) is 11.5 Å². The molecule has 4 aromatic rings. The summed E-state index contributed by atoms with van der Waals surface area (Å²) in [6.07, 6.45) is 5.91. The van der Waals surface area contributed by atoms with Crippen LogP contribution < -0.4 is 14.8 Å². The first-order chi connectivity index (χ1) is 38.1. The number of β-lactam (4-membered cyclic amide) rings is 1. The predicted octanol–water partition coefficient (Wildman–Crippen LogP) is 15.1. The Hall–Kier alpha value is -5.43. The summed E-state index contributed by atoms with van der Waals surface area (Å²) in [5.41, 5.74) is 10.5. The number of nitrogens with zero attached hydrogens (tertiary/aromatic N) is 1. The minimum absolute atomic E-state index is 0.0629. The number of aliphatic hydroxyl groups is 3. The average molecular weight is 1140 g/mol. The summed E-state index contributed by atoms with van der Waals surface area (Å²) in [6.45, 7) is 41.1. The molecule has 4 N–H and O–H groups in total. The molecule has 1 aliphatic heterocycles. The maximum absolute atomic E-state index is 12.5. The average Bonchev–Trinajstić information content (AvgIpc) is 3.45. The van der Waals surface area contributed by atoms with E-state index in [-0.39, 0.29) is 78.1 Å². The Balaban J connectivity index is 0.000000352. The van der Waals surface area contributed by atoms with Gasteiger partial charge in [-0.05, 0) is 206 Å². The van der Waals surface area contributed by atoms with Gasteiger partial charge in [0, 0.05) is 17.4 Å². The van der Waals surface area contributed by atoms with E-state index in [2.05, 4.69) is 149 Å². The van der Waals surface area contributed by atoms with E-state index in [1.165, 1.54) is 49.4 Å². The zero-order valence-electron chi connectivity index (χ0n) is 54.1. The van der Waals surface area contributed by atoms with Crippen LogP contribution in [0.15, 0.2) is 72.8 Å². The van der Waals surface area contributed by atoms with Crippen LogP contribution >= 0.6 is 0 Å².